The van der Waals surface area contributed by atoms with E-state index in [1.165, 1.54) is 6.33 Å². The molecule has 96 valence electrons. The Morgan fingerprint density at radius 2 is 1.76 bits per heavy atom. The molecule has 0 aliphatic rings. The van der Waals surface area contributed by atoms with Crippen molar-refractivity contribution in [2.45, 2.75) is 26.4 Å². The summed E-state index contributed by atoms with van der Waals surface area (Å²) in [5.74, 6) is 0.766. The first kappa shape index (κ1) is 13.5. The van der Waals surface area contributed by atoms with Gasteiger partial charge in [0.25, 0.3) is 0 Å². The summed E-state index contributed by atoms with van der Waals surface area (Å²) in [5, 5.41) is 5.28. The molecule has 1 rings (SSSR count). The first-order valence-corrected chi connectivity index (χ1v) is 5.30. The van der Waals surface area contributed by atoms with Crippen LogP contribution in [-0.2, 0) is 0 Å². The summed E-state index contributed by atoms with van der Waals surface area (Å²) in [4.78, 5) is 7.77. The molecule has 0 aliphatic carbocycles. The van der Waals surface area contributed by atoms with E-state index in [0.29, 0.717) is 11.4 Å². The second-order valence-corrected chi connectivity index (χ2v) is 3.59. The Kier molecular flexibility index (Phi) is 4.53. The van der Waals surface area contributed by atoms with E-state index in [2.05, 4.69) is 20.6 Å². The smallest absolute Gasteiger partial charge is 0.370 e. The molecule has 0 bridgehead atoms. The van der Waals surface area contributed by atoms with E-state index in [-0.39, 0.29) is 5.82 Å². The minimum absolute atomic E-state index is 0.205. The quantitative estimate of drug-likeness (QED) is 0.840. The van der Waals surface area contributed by atoms with Crippen LogP contribution in [0.15, 0.2) is 6.33 Å². The number of aromatic nitrogens is 2. The van der Waals surface area contributed by atoms with Crippen molar-refractivity contribution >= 4 is 11.6 Å². The lowest BCUT2D eigenvalue weighted by atomic mass is 10.3. The van der Waals surface area contributed by atoms with E-state index in [1.54, 1.807) is 6.92 Å². The summed E-state index contributed by atoms with van der Waals surface area (Å²) in [6, 6.07) is 0. The lowest BCUT2D eigenvalue weighted by Crippen LogP contribution is -2.22. The first-order chi connectivity index (χ1) is 7.94. The Morgan fingerprint density at radius 1 is 1.18 bits per heavy atom. The van der Waals surface area contributed by atoms with Gasteiger partial charge < -0.3 is 10.6 Å². The maximum absolute atomic E-state index is 12.1. The van der Waals surface area contributed by atoms with Gasteiger partial charge in [-0.15, -0.1) is 0 Å². The first-order valence-electron chi connectivity index (χ1n) is 5.30. The average Bonchev–Trinajstić information content (AvgIpc) is 2.25. The third-order valence-corrected chi connectivity index (χ3v) is 2.08. The highest BCUT2D eigenvalue weighted by molar-refractivity contribution is 5.56. The van der Waals surface area contributed by atoms with Crippen LogP contribution in [0.2, 0.25) is 0 Å². The van der Waals surface area contributed by atoms with Gasteiger partial charge in [0.2, 0.25) is 0 Å². The Hall–Kier alpha value is -1.53. The number of rotatable bonds is 5. The van der Waals surface area contributed by atoms with E-state index >= 15 is 0 Å². The molecule has 0 unspecified atom stereocenters. The van der Waals surface area contributed by atoms with Crippen molar-refractivity contribution < 1.29 is 13.2 Å². The van der Waals surface area contributed by atoms with Crippen molar-refractivity contribution in [1.29, 1.82) is 0 Å². The summed E-state index contributed by atoms with van der Waals surface area (Å²) in [5.41, 5.74) is 0.588. The summed E-state index contributed by atoms with van der Waals surface area (Å²) >= 11 is 0. The standard InChI is InChI=1S/C10H15F3N4/c1-3-4-14-8-7(2)9(17-6-16-8)15-5-10(11,12)13/h6H,3-5H2,1-2H3,(H2,14,15,16,17). The summed E-state index contributed by atoms with van der Waals surface area (Å²) < 4.78 is 36.2. The molecule has 17 heavy (non-hydrogen) atoms. The van der Waals surface area contributed by atoms with E-state index in [0.717, 1.165) is 13.0 Å². The number of nitrogens with zero attached hydrogens (tertiary/aromatic N) is 2. The van der Waals surface area contributed by atoms with Crippen LogP contribution in [0.25, 0.3) is 0 Å². The van der Waals surface area contributed by atoms with Crippen LogP contribution >= 0.6 is 0 Å². The number of alkyl halides is 3. The summed E-state index contributed by atoms with van der Waals surface area (Å²) in [6.07, 6.45) is -2.10. The second kappa shape index (κ2) is 5.70. The van der Waals surface area contributed by atoms with Gasteiger partial charge in [-0.3, -0.25) is 0 Å². The van der Waals surface area contributed by atoms with E-state index in [4.69, 9.17) is 0 Å². The van der Waals surface area contributed by atoms with Crippen LogP contribution in [0.1, 0.15) is 18.9 Å². The lowest BCUT2D eigenvalue weighted by Gasteiger charge is -2.13. The SMILES string of the molecule is CCCNc1ncnc(NCC(F)(F)F)c1C. The van der Waals surface area contributed by atoms with Crippen LogP contribution in [0, 0.1) is 6.92 Å². The summed E-state index contributed by atoms with van der Waals surface area (Å²) in [7, 11) is 0. The van der Waals surface area contributed by atoms with Gasteiger partial charge in [0.15, 0.2) is 0 Å². The fourth-order valence-corrected chi connectivity index (χ4v) is 1.23. The molecule has 1 aromatic heterocycles. The van der Waals surface area contributed by atoms with Gasteiger partial charge in [0.1, 0.15) is 24.5 Å². The highest BCUT2D eigenvalue weighted by Crippen LogP contribution is 2.20. The summed E-state index contributed by atoms with van der Waals surface area (Å²) in [6.45, 7) is 3.29. The second-order valence-electron chi connectivity index (χ2n) is 3.59. The van der Waals surface area contributed by atoms with Gasteiger partial charge in [-0.25, -0.2) is 9.97 Å². The molecule has 0 atom stereocenters. The van der Waals surface area contributed by atoms with Gasteiger partial charge in [-0.05, 0) is 13.3 Å². The van der Waals surface area contributed by atoms with Crippen LogP contribution in [0.3, 0.4) is 0 Å². The molecule has 0 fully saturated rings. The van der Waals surface area contributed by atoms with E-state index in [9.17, 15) is 13.2 Å². The van der Waals surface area contributed by atoms with Crippen molar-refractivity contribution in [3.63, 3.8) is 0 Å². The zero-order chi connectivity index (χ0) is 12.9. The monoisotopic (exact) mass is 248 g/mol. The van der Waals surface area contributed by atoms with Crippen molar-refractivity contribution in [3.05, 3.63) is 11.9 Å². The fourth-order valence-electron chi connectivity index (χ4n) is 1.23. The fraction of sp³-hybridized carbons (Fsp3) is 0.600. The third kappa shape index (κ3) is 4.46. The Bertz CT molecular complexity index is 365. The molecule has 1 aromatic rings. The average molecular weight is 248 g/mol. The predicted molar refractivity (Wildman–Crippen MR) is 60.1 cm³/mol. The molecule has 0 aromatic carbocycles. The number of hydrogen-bond donors (Lipinski definition) is 2. The zero-order valence-corrected chi connectivity index (χ0v) is 9.73. The molecule has 0 spiro atoms. The minimum Gasteiger partial charge on any atom is -0.370 e. The molecule has 0 saturated heterocycles. The van der Waals surface area contributed by atoms with E-state index in [1.807, 2.05) is 6.92 Å². The topological polar surface area (TPSA) is 49.8 Å². The van der Waals surface area contributed by atoms with Gasteiger partial charge in [-0.1, -0.05) is 6.92 Å². The Balaban J connectivity index is 2.72. The van der Waals surface area contributed by atoms with Crippen molar-refractivity contribution in [2.24, 2.45) is 0 Å². The highest BCUT2D eigenvalue weighted by Gasteiger charge is 2.27. The van der Waals surface area contributed by atoms with Crippen molar-refractivity contribution in [2.75, 3.05) is 23.7 Å². The Labute approximate surface area is 97.7 Å². The number of anilines is 2. The molecule has 1 heterocycles. The molecule has 0 saturated carbocycles. The molecular formula is C10H15F3N4. The highest BCUT2D eigenvalue weighted by atomic mass is 19.4. The molecule has 7 heteroatoms. The molecule has 0 amide bonds. The van der Waals surface area contributed by atoms with Crippen molar-refractivity contribution in [3.8, 4) is 0 Å². The molecule has 4 nitrogen and oxygen atoms in total. The molecule has 0 radical (unpaired) electrons. The number of nitrogens with one attached hydrogen (secondary N) is 2. The molecule has 0 aliphatic heterocycles. The number of hydrogen-bond acceptors (Lipinski definition) is 4. The predicted octanol–water partition coefficient (Wildman–Crippen LogP) is 2.58. The van der Waals surface area contributed by atoms with Crippen LogP contribution in [0.5, 0.6) is 0 Å². The van der Waals surface area contributed by atoms with E-state index < -0.39 is 12.7 Å². The van der Waals surface area contributed by atoms with Gasteiger partial charge in [-0.2, -0.15) is 13.2 Å². The normalized spacial score (nSPS) is 11.4. The number of halogens is 3. The molecule has 2 N–H and O–H groups in total. The maximum atomic E-state index is 12.1. The van der Waals surface area contributed by atoms with Gasteiger partial charge in [0, 0.05) is 12.1 Å². The largest absolute Gasteiger partial charge is 0.405 e. The van der Waals surface area contributed by atoms with Crippen molar-refractivity contribution in [1.82, 2.24) is 9.97 Å². The van der Waals surface area contributed by atoms with Gasteiger partial charge in [0.05, 0.1) is 0 Å². The van der Waals surface area contributed by atoms with Crippen LogP contribution < -0.4 is 10.6 Å². The molecular weight excluding hydrogens is 233 g/mol. The lowest BCUT2D eigenvalue weighted by molar-refractivity contribution is -0.115. The third-order valence-electron chi connectivity index (χ3n) is 2.08. The zero-order valence-electron chi connectivity index (χ0n) is 9.73. The van der Waals surface area contributed by atoms with Gasteiger partial charge >= 0.3 is 6.18 Å². The Morgan fingerprint density at radius 3 is 2.29 bits per heavy atom. The minimum atomic E-state index is -4.26. The van der Waals surface area contributed by atoms with Crippen LogP contribution in [0.4, 0.5) is 24.8 Å². The maximum Gasteiger partial charge on any atom is 0.405 e. The van der Waals surface area contributed by atoms with Crippen LogP contribution in [-0.4, -0.2) is 29.2 Å².